The number of aromatic nitrogens is 4. The van der Waals surface area contributed by atoms with Crippen LogP contribution in [0.4, 0.5) is 0 Å². The quantitative estimate of drug-likeness (QED) is 0.563. The molecule has 0 spiro atoms. The lowest BCUT2D eigenvalue weighted by Crippen LogP contribution is -1.95. The minimum Gasteiger partial charge on any atom is -0.242 e. The van der Waals surface area contributed by atoms with Gasteiger partial charge in [0.25, 0.3) is 0 Å². The minimum atomic E-state index is 0.754. The number of hydrogen-bond acceptors (Lipinski definition) is 5. The third-order valence-corrected chi connectivity index (χ3v) is 4.06. The molecule has 0 radical (unpaired) electrons. The lowest BCUT2D eigenvalue weighted by Gasteiger charge is -2.08. The molecule has 0 saturated heterocycles. The Hall–Kier alpha value is -2.66. The van der Waals surface area contributed by atoms with E-state index in [-0.39, 0.29) is 0 Å². The molecular formula is C16H10N4S. The number of benzene rings is 1. The second-order valence-electron chi connectivity index (χ2n) is 4.52. The minimum absolute atomic E-state index is 0.754. The second-order valence-corrected chi connectivity index (χ2v) is 5.47. The van der Waals surface area contributed by atoms with Gasteiger partial charge >= 0.3 is 0 Å². The summed E-state index contributed by atoms with van der Waals surface area (Å²) in [6, 6.07) is 14.2. The number of thiophene rings is 1. The van der Waals surface area contributed by atoms with Crippen LogP contribution in [-0.4, -0.2) is 20.2 Å². The molecule has 0 amide bonds. The van der Waals surface area contributed by atoms with Crippen molar-refractivity contribution in [3.05, 3.63) is 60.2 Å². The third kappa shape index (κ3) is 2.17. The molecule has 1 aromatic carbocycles. The summed E-state index contributed by atoms with van der Waals surface area (Å²) in [6.45, 7) is 0. The molecular weight excluding hydrogens is 280 g/mol. The van der Waals surface area contributed by atoms with Crippen molar-refractivity contribution < 1.29 is 0 Å². The predicted molar refractivity (Wildman–Crippen MR) is 83.9 cm³/mol. The van der Waals surface area contributed by atoms with Crippen LogP contribution in [0.5, 0.6) is 0 Å². The summed E-state index contributed by atoms with van der Waals surface area (Å²) >= 11 is 1.65. The SMILES string of the molecule is c1ccc(-c2nc3cnncc3nc2-c2cccs2)cc1. The number of nitrogens with zero attached hydrogens (tertiary/aromatic N) is 4. The van der Waals surface area contributed by atoms with Crippen molar-refractivity contribution >= 4 is 22.4 Å². The van der Waals surface area contributed by atoms with Gasteiger partial charge in [0.15, 0.2) is 0 Å². The van der Waals surface area contributed by atoms with E-state index in [0.29, 0.717) is 0 Å². The number of rotatable bonds is 2. The van der Waals surface area contributed by atoms with Crippen molar-refractivity contribution in [1.82, 2.24) is 20.2 Å². The third-order valence-electron chi connectivity index (χ3n) is 3.18. The largest absolute Gasteiger partial charge is 0.242 e. The van der Waals surface area contributed by atoms with E-state index in [0.717, 1.165) is 32.9 Å². The van der Waals surface area contributed by atoms with Gasteiger partial charge in [-0.25, -0.2) is 9.97 Å². The average molecular weight is 290 g/mol. The molecule has 4 rings (SSSR count). The topological polar surface area (TPSA) is 51.6 Å². The fraction of sp³-hybridized carbons (Fsp3) is 0. The Labute approximate surface area is 125 Å². The number of hydrogen-bond donors (Lipinski definition) is 0. The Kier molecular flexibility index (Phi) is 2.90. The maximum Gasteiger partial charge on any atom is 0.111 e. The van der Waals surface area contributed by atoms with Gasteiger partial charge in [-0.1, -0.05) is 36.4 Å². The van der Waals surface area contributed by atoms with Crippen molar-refractivity contribution in [3.8, 4) is 21.8 Å². The Morgan fingerprint density at radius 3 is 2.10 bits per heavy atom. The number of fused-ring (bicyclic) bond motifs is 1. The van der Waals surface area contributed by atoms with E-state index in [4.69, 9.17) is 9.97 Å². The van der Waals surface area contributed by atoms with Gasteiger partial charge in [-0.2, -0.15) is 10.2 Å². The van der Waals surface area contributed by atoms with Crippen LogP contribution < -0.4 is 0 Å². The van der Waals surface area contributed by atoms with E-state index < -0.39 is 0 Å². The van der Waals surface area contributed by atoms with Crippen LogP contribution in [0.25, 0.3) is 32.9 Å². The summed E-state index contributed by atoms with van der Waals surface area (Å²) < 4.78 is 0. The fourth-order valence-electron chi connectivity index (χ4n) is 2.21. The molecule has 3 aromatic heterocycles. The van der Waals surface area contributed by atoms with Crippen molar-refractivity contribution in [1.29, 1.82) is 0 Å². The summed E-state index contributed by atoms with van der Waals surface area (Å²) in [5, 5.41) is 9.82. The molecule has 4 aromatic rings. The first-order valence-electron chi connectivity index (χ1n) is 6.49. The maximum atomic E-state index is 4.74. The molecule has 0 fully saturated rings. The van der Waals surface area contributed by atoms with Crippen LogP contribution in [0.3, 0.4) is 0 Å². The molecule has 0 aliphatic heterocycles. The van der Waals surface area contributed by atoms with E-state index in [2.05, 4.69) is 16.3 Å². The monoisotopic (exact) mass is 290 g/mol. The molecule has 0 N–H and O–H groups in total. The molecule has 4 nitrogen and oxygen atoms in total. The predicted octanol–water partition coefficient (Wildman–Crippen LogP) is 3.82. The van der Waals surface area contributed by atoms with Crippen LogP contribution in [-0.2, 0) is 0 Å². The Balaban J connectivity index is 2.05. The van der Waals surface area contributed by atoms with Crippen LogP contribution in [0.1, 0.15) is 0 Å². The van der Waals surface area contributed by atoms with Crippen LogP contribution in [0.15, 0.2) is 60.2 Å². The summed E-state index contributed by atoms with van der Waals surface area (Å²) in [6.07, 6.45) is 3.29. The molecule has 0 bridgehead atoms. The van der Waals surface area contributed by atoms with Gasteiger partial charge in [0.1, 0.15) is 16.7 Å². The van der Waals surface area contributed by atoms with Gasteiger partial charge in [-0.05, 0) is 11.4 Å². The first kappa shape index (κ1) is 12.1. The molecule has 0 saturated carbocycles. The van der Waals surface area contributed by atoms with Crippen molar-refractivity contribution in [2.24, 2.45) is 0 Å². The van der Waals surface area contributed by atoms with Crippen molar-refractivity contribution in [2.45, 2.75) is 0 Å². The fourth-order valence-corrected chi connectivity index (χ4v) is 2.92. The maximum absolute atomic E-state index is 4.74. The molecule has 100 valence electrons. The molecule has 0 unspecified atom stereocenters. The smallest absolute Gasteiger partial charge is 0.111 e. The van der Waals surface area contributed by atoms with E-state index in [1.807, 2.05) is 41.8 Å². The highest BCUT2D eigenvalue weighted by molar-refractivity contribution is 7.13. The zero-order chi connectivity index (χ0) is 14.1. The van der Waals surface area contributed by atoms with E-state index >= 15 is 0 Å². The second kappa shape index (κ2) is 5.03. The molecule has 0 aliphatic rings. The highest BCUT2D eigenvalue weighted by Gasteiger charge is 2.13. The van der Waals surface area contributed by atoms with Gasteiger partial charge in [0.2, 0.25) is 0 Å². The highest BCUT2D eigenvalue weighted by atomic mass is 32.1. The van der Waals surface area contributed by atoms with Crippen LogP contribution in [0.2, 0.25) is 0 Å². The van der Waals surface area contributed by atoms with Gasteiger partial charge in [-0.15, -0.1) is 11.3 Å². The lowest BCUT2D eigenvalue weighted by molar-refractivity contribution is 1.04. The van der Waals surface area contributed by atoms with Gasteiger partial charge < -0.3 is 0 Å². The zero-order valence-electron chi connectivity index (χ0n) is 11.0. The zero-order valence-corrected chi connectivity index (χ0v) is 11.8. The average Bonchev–Trinajstić information content (AvgIpc) is 3.09. The molecule has 3 heterocycles. The van der Waals surface area contributed by atoms with E-state index in [1.54, 1.807) is 23.7 Å². The van der Waals surface area contributed by atoms with Crippen molar-refractivity contribution in [2.75, 3.05) is 0 Å². The van der Waals surface area contributed by atoms with E-state index in [1.165, 1.54) is 0 Å². The standard InChI is InChI=1S/C16H10N4S/c1-2-5-11(6-3-1)15-16(14-7-4-8-21-14)20-13-10-18-17-9-12(13)19-15/h1-10H. The Morgan fingerprint density at radius 1 is 0.714 bits per heavy atom. The van der Waals surface area contributed by atoms with Crippen LogP contribution >= 0.6 is 11.3 Å². The van der Waals surface area contributed by atoms with Gasteiger partial charge in [0.05, 0.1) is 23.0 Å². The first-order valence-corrected chi connectivity index (χ1v) is 7.37. The molecule has 21 heavy (non-hydrogen) atoms. The van der Waals surface area contributed by atoms with Crippen molar-refractivity contribution in [3.63, 3.8) is 0 Å². The summed E-state index contributed by atoms with van der Waals surface area (Å²) in [7, 11) is 0. The summed E-state index contributed by atoms with van der Waals surface area (Å²) in [5.41, 5.74) is 4.32. The normalized spacial score (nSPS) is 10.9. The highest BCUT2D eigenvalue weighted by Crippen LogP contribution is 2.32. The van der Waals surface area contributed by atoms with Gasteiger partial charge in [-0.3, -0.25) is 0 Å². The molecule has 0 aliphatic carbocycles. The summed E-state index contributed by atoms with van der Waals surface area (Å²) in [4.78, 5) is 10.6. The first-order chi connectivity index (χ1) is 10.4. The van der Waals surface area contributed by atoms with E-state index in [9.17, 15) is 0 Å². The Morgan fingerprint density at radius 2 is 1.43 bits per heavy atom. The summed E-state index contributed by atoms with van der Waals surface area (Å²) in [5.74, 6) is 0. The lowest BCUT2D eigenvalue weighted by atomic mass is 10.1. The Bertz CT molecular complexity index is 889. The molecule has 0 atom stereocenters. The molecule has 5 heteroatoms. The van der Waals surface area contributed by atoms with Crippen LogP contribution in [0, 0.1) is 0 Å². The van der Waals surface area contributed by atoms with Gasteiger partial charge in [0, 0.05) is 5.56 Å².